The number of carbonyl (C=O) groups excluding carboxylic acids is 3. The van der Waals surface area contributed by atoms with Gasteiger partial charge < -0.3 is 24.1 Å². The Morgan fingerprint density at radius 1 is 1.13 bits per heavy atom. The zero-order chi connectivity index (χ0) is 22.1. The number of phenolic OH excluding ortho intramolecular Hbond substituents is 1. The van der Waals surface area contributed by atoms with E-state index in [-0.39, 0.29) is 28.4 Å². The first-order valence-electron chi connectivity index (χ1n) is 8.96. The normalized spacial score (nSPS) is 20.6. The molecule has 8 heteroatoms. The lowest BCUT2D eigenvalue weighted by molar-refractivity contribution is -0.145. The lowest BCUT2D eigenvalue weighted by Gasteiger charge is -2.31. The van der Waals surface area contributed by atoms with Gasteiger partial charge in [0.1, 0.15) is 34.8 Å². The van der Waals surface area contributed by atoms with Crippen molar-refractivity contribution in [2.24, 2.45) is 0 Å². The maximum Gasteiger partial charge on any atom is 0.347 e. The standard InChI is InChI=1S/C22H20O8/c1-5-6-14-7-12-8-18(24)22(2,20(25)15(12)11-29-14)30-21(26)19-16(27-3)9-13(23)10-17(19)28-4/h5-11,23H,1-4H3/b6-5+/t22-/m0/s1. The molecule has 30 heavy (non-hydrogen) atoms. The molecular weight excluding hydrogens is 392 g/mol. The number of methoxy groups -OCH3 is 2. The highest BCUT2D eigenvalue weighted by Crippen LogP contribution is 2.37. The van der Waals surface area contributed by atoms with Crippen molar-refractivity contribution in [1.82, 2.24) is 0 Å². The Bertz CT molecular complexity index is 1030. The highest BCUT2D eigenvalue weighted by atomic mass is 16.6. The Balaban J connectivity index is 1.99. The van der Waals surface area contributed by atoms with E-state index in [0.29, 0.717) is 11.3 Å². The third-order valence-corrected chi connectivity index (χ3v) is 4.68. The van der Waals surface area contributed by atoms with E-state index in [2.05, 4.69) is 0 Å². The largest absolute Gasteiger partial charge is 0.508 e. The highest BCUT2D eigenvalue weighted by molar-refractivity contribution is 6.26. The fourth-order valence-electron chi connectivity index (χ4n) is 3.10. The monoisotopic (exact) mass is 412 g/mol. The van der Waals surface area contributed by atoms with Crippen molar-refractivity contribution in [2.45, 2.75) is 19.4 Å². The molecule has 0 bridgehead atoms. The summed E-state index contributed by atoms with van der Waals surface area (Å²) >= 11 is 0. The molecule has 156 valence electrons. The number of phenols is 1. The molecule has 0 aromatic heterocycles. The molecule has 1 N–H and O–H groups in total. The summed E-state index contributed by atoms with van der Waals surface area (Å²) in [5, 5.41) is 9.75. The lowest BCUT2D eigenvalue weighted by Crippen LogP contribution is -2.50. The maximum absolute atomic E-state index is 13.0. The number of hydrogen-bond donors (Lipinski definition) is 1. The zero-order valence-corrected chi connectivity index (χ0v) is 16.8. The molecule has 0 spiro atoms. The third kappa shape index (κ3) is 3.47. The van der Waals surface area contributed by atoms with E-state index < -0.39 is 23.1 Å². The van der Waals surface area contributed by atoms with E-state index in [9.17, 15) is 19.5 Å². The summed E-state index contributed by atoms with van der Waals surface area (Å²) in [5.74, 6) is -2.23. The second kappa shape index (κ2) is 7.90. The number of benzene rings is 1. The predicted octanol–water partition coefficient (Wildman–Crippen LogP) is 2.78. The summed E-state index contributed by atoms with van der Waals surface area (Å²) in [6, 6.07) is 2.38. The predicted molar refractivity (Wildman–Crippen MR) is 105 cm³/mol. The molecule has 0 unspecified atom stereocenters. The topological polar surface area (TPSA) is 108 Å². The Morgan fingerprint density at radius 2 is 1.77 bits per heavy atom. The van der Waals surface area contributed by atoms with Crippen LogP contribution in [0.25, 0.3) is 0 Å². The lowest BCUT2D eigenvalue weighted by atomic mass is 9.80. The average Bonchev–Trinajstić information content (AvgIpc) is 2.71. The van der Waals surface area contributed by atoms with Crippen molar-refractivity contribution in [3.8, 4) is 17.2 Å². The number of rotatable bonds is 5. The highest BCUT2D eigenvalue weighted by Gasteiger charge is 2.50. The van der Waals surface area contributed by atoms with E-state index >= 15 is 0 Å². The SMILES string of the molecule is C/C=C/C1=CC2=CC(=O)[C@](C)(OC(=O)c3c(OC)cc(O)cc3OC)C(=O)C2=CO1. The molecule has 1 aromatic rings. The first-order chi connectivity index (χ1) is 14.2. The Morgan fingerprint density at radius 3 is 2.33 bits per heavy atom. The number of ketones is 2. The van der Waals surface area contributed by atoms with E-state index in [0.717, 1.165) is 0 Å². The number of hydrogen-bond acceptors (Lipinski definition) is 8. The minimum absolute atomic E-state index is 0.0356. The summed E-state index contributed by atoms with van der Waals surface area (Å²) in [4.78, 5) is 38.7. The zero-order valence-electron chi connectivity index (χ0n) is 16.8. The van der Waals surface area contributed by atoms with Crippen LogP contribution >= 0.6 is 0 Å². The van der Waals surface area contributed by atoms with Gasteiger partial charge in [-0.3, -0.25) is 9.59 Å². The van der Waals surface area contributed by atoms with Gasteiger partial charge in [0.2, 0.25) is 17.2 Å². The van der Waals surface area contributed by atoms with Crippen LogP contribution < -0.4 is 9.47 Å². The summed E-state index contributed by atoms with van der Waals surface area (Å²) < 4.78 is 21.0. The number of Topliss-reactive ketones (excluding diaryl/α,β-unsaturated/α-hetero) is 1. The van der Waals surface area contributed by atoms with Gasteiger partial charge in [-0.1, -0.05) is 6.08 Å². The van der Waals surface area contributed by atoms with Crippen LogP contribution in [-0.2, 0) is 19.1 Å². The quantitative estimate of drug-likeness (QED) is 0.581. The molecule has 1 aromatic carbocycles. The van der Waals surface area contributed by atoms with Crippen molar-refractivity contribution in [3.63, 3.8) is 0 Å². The van der Waals surface area contributed by atoms with Gasteiger partial charge in [0, 0.05) is 12.1 Å². The second-order valence-corrected chi connectivity index (χ2v) is 6.64. The third-order valence-electron chi connectivity index (χ3n) is 4.68. The smallest absolute Gasteiger partial charge is 0.347 e. The molecule has 0 radical (unpaired) electrons. The van der Waals surface area contributed by atoms with Gasteiger partial charge in [-0.15, -0.1) is 0 Å². The fourth-order valence-corrected chi connectivity index (χ4v) is 3.10. The first kappa shape index (κ1) is 20.9. The minimum atomic E-state index is -2.10. The van der Waals surface area contributed by atoms with Gasteiger partial charge in [-0.25, -0.2) is 4.79 Å². The van der Waals surface area contributed by atoms with Crippen molar-refractivity contribution in [1.29, 1.82) is 0 Å². The van der Waals surface area contributed by atoms with Gasteiger partial charge in [-0.2, -0.15) is 0 Å². The van der Waals surface area contributed by atoms with Gasteiger partial charge in [-0.05, 0) is 37.6 Å². The molecule has 0 amide bonds. The van der Waals surface area contributed by atoms with E-state index in [4.69, 9.17) is 18.9 Å². The van der Waals surface area contributed by atoms with E-state index in [1.807, 2.05) is 0 Å². The summed E-state index contributed by atoms with van der Waals surface area (Å²) in [5.41, 5.74) is -1.78. The average molecular weight is 412 g/mol. The summed E-state index contributed by atoms with van der Waals surface area (Å²) in [6.45, 7) is 3.02. The number of ether oxygens (including phenoxy) is 4. The molecule has 0 saturated carbocycles. The van der Waals surface area contributed by atoms with Gasteiger partial charge in [0.15, 0.2) is 0 Å². The maximum atomic E-state index is 13.0. The van der Waals surface area contributed by atoms with Gasteiger partial charge in [0.05, 0.1) is 19.8 Å². The molecule has 1 heterocycles. The summed E-state index contributed by atoms with van der Waals surface area (Å²) in [6.07, 6.45) is 7.45. The van der Waals surface area contributed by atoms with Gasteiger partial charge >= 0.3 is 5.97 Å². The number of carbonyl (C=O) groups is 3. The number of aromatic hydroxyl groups is 1. The summed E-state index contributed by atoms with van der Waals surface area (Å²) in [7, 11) is 2.58. The molecule has 1 aliphatic carbocycles. The molecule has 8 nitrogen and oxygen atoms in total. The van der Waals surface area contributed by atoms with Crippen molar-refractivity contribution < 1.29 is 38.4 Å². The van der Waals surface area contributed by atoms with Crippen molar-refractivity contribution in [2.75, 3.05) is 14.2 Å². The molecule has 3 rings (SSSR count). The van der Waals surface area contributed by atoms with Crippen LogP contribution in [-0.4, -0.2) is 42.5 Å². The molecule has 2 aliphatic rings. The minimum Gasteiger partial charge on any atom is -0.508 e. The van der Waals surface area contributed by atoms with Crippen LogP contribution in [0.5, 0.6) is 17.2 Å². The van der Waals surface area contributed by atoms with Gasteiger partial charge in [0.25, 0.3) is 0 Å². The number of fused-ring (bicyclic) bond motifs is 1. The van der Waals surface area contributed by atoms with Crippen LogP contribution in [0.3, 0.4) is 0 Å². The van der Waals surface area contributed by atoms with Crippen LogP contribution in [0.2, 0.25) is 0 Å². The van der Waals surface area contributed by atoms with Crippen molar-refractivity contribution >= 4 is 17.5 Å². The Hall–Kier alpha value is -3.81. The number of allylic oxidation sites excluding steroid dienone is 4. The van der Waals surface area contributed by atoms with Crippen LogP contribution in [0.15, 0.2) is 59.6 Å². The number of esters is 1. The molecule has 1 atom stereocenters. The van der Waals surface area contributed by atoms with Crippen molar-refractivity contribution in [3.05, 3.63) is 65.2 Å². The van der Waals surface area contributed by atoms with Crippen LogP contribution in [0, 0.1) is 0 Å². The molecular formula is C22H20O8. The molecule has 0 fully saturated rings. The van der Waals surface area contributed by atoms with Crippen LogP contribution in [0.4, 0.5) is 0 Å². The van der Waals surface area contributed by atoms with E-state index in [1.165, 1.54) is 45.6 Å². The molecule has 0 saturated heterocycles. The Labute approximate surface area is 172 Å². The fraction of sp³-hybridized carbons (Fsp3) is 0.227. The van der Waals surface area contributed by atoms with E-state index in [1.54, 1.807) is 25.2 Å². The molecule has 1 aliphatic heterocycles. The first-order valence-corrected chi connectivity index (χ1v) is 8.96. The van der Waals surface area contributed by atoms with Crippen LogP contribution in [0.1, 0.15) is 24.2 Å². The Kier molecular flexibility index (Phi) is 5.51. The second-order valence-electron chi connectivity index (χ2n) is 6.64.